The zero-order valence-corrected chi connectivity index (χ0v) is 14.6. The van der Waals surface area contributed by atoms with Crippen molar-refractivity contribution in [3.8, 4) is 17.8 Å². The van der Waals surface area contributed by atoms with Crippen LogP contribution in [-0.4, -0.2) is 29.4 Å². The van der Waals surface area contributed by atoms with Gasteiger partial charge in [-0.05, 0) is 35.6 Å². The zero-order chi connectivity index (χ0) is 15.9. The van der Waals surface area contributed by atoms with Gasteiger partial charge in [0.15, 0.2) is 0 Å². The van der Waals surface area contributed by atoms with E-state index in [0.717, 1.165) is 12.8 Å². The molecule has 0 aliphatic rings. The number of aliphatic hydroxyl groups excluding tert-OH is 1. The molecular weight excluding hydrogens is 386 g/mol. The summed E-state index contributed by atoms with van der Waals surface area (Å²) < 4.78 is 23.6. The van der Waals surface area contributed by atoms with Crippen LogP contribution in [0.5, 0.6) is 5.75 Å². The van der Waals surface area contributed by atoms with E-state index in [4.69, 9.17) is 14.6 Å². The normalized spacial score (nSPS) is 10.5. The Kier molecular flexibility index (Phi) is 13.3. The quantitative estimate of drug-likeness (QED) is 0.424. The van der Waals surface area contributed by atoms with Crippen LogP contribution in [0.4, 0.5) is 4.39 Å². The molecule has 0 fully saturated rings. The highest BCUT2D eigenvalue weighted by molar-refractivity contribution is 14.1. The number of halogens is 2. The Morgan fingerprint density at radius 1 is 1.29 bits per heavy atom. The van der Waals surface area contributed by atoms with Crippen molar-refractivity contribution in [1.82, 2.24) is 0 Å². The van der Waals surface area contributed by atoms with E-state index in [2.05, 4.69) is 41.5 Å². The number of hydrogen-bond acceptors (Lipinski definition) is 3. The molecule has 0 heterocycles. The summed E-state index contributed by atoms with van der Waals surface area (Å²) in [5.74, 6) is 3.02. The SMILES string of the molecule is CCC[C@@H](COc1ccc(F)cc1)OC#CCCO.CI. The number of alkyl halides is 1. The van der Waals surface area contributed by atoms with Gasteiger partial charge in [0, 0.05) is 6.42 Å². The molecule has 0 bridgehead atoms. The fraction of sp³-hybridized carbons (Fsp3) is 0.500. The summed E-state index contributed by atoms with van der Waals surface area (Å²) in [4.78, 5) is 1.97. The van der Waals surface area contributed by atoms with Crippen molar-refractivity contribution >= 4 is 22.6 Å². The fourth-order valence-electron chi connectivity index (χ4n) is 1.45. The highest BCUT2D eigenvalue weighted by atomic mass is 127. The van der Waals surface area contributed by atoms with Gasteiger partial charge in [-0.1, -0.05) is 41.9 Å². The van der Waals surface area contributed by atoms with E-state index in [1.54, 1.807) is 12.1 Å². The van der Waals surface area contributed by atoms with E-state index >= 15 is 0 Å². The molecule has 0 aromatic heterocycles. The highest BCUT2D eigenvalue weighted by Gasteiger charge is 2.08. The number of aliphatic hydroxyl groups is 1. The minimum atomic E-state index is -0.288. The maximum absolute atomic E-state index is 12.7. The second kappa shape index (κ2) is 14.0. The molecule has 1 aromatic rings. The van der Waals surface area contributed by atoms with Crippen LogP contribution in [0.1, 0.15) is 26.2 Å². The Bertz CT molecular complexity index is 412. The van der Waals surface area contributed by atoms with Crippen LogP contribution in [-0.2, 0) is 4.74 Å². The topological polar surface area (TPSA) is 38.7 Å². The zero-order valence-electron chi connectivity index (χ0n) is 12.4. The van der Waals surface area contributed by atoms with Gasteiger partial charge < -0.3 is 14.6 Å². The van der Waals surface area contributed by atoms with Crippen LogP contribution in [0.3, 0.4) is 0 Å². The second-order valence-electron chi connectivity index (χ2n) is 4.05. The van der Waals surface area contributed by atoms with Crippen molar-refractivity contribution in [3.05, 3.63) is 30.1 Å². The van der Waals surface area contributed by atoms with Crippen molar-refractivity contribution < 1.29 is 19.0 Å². The molecule has 118 valence electrons. The third kappa shape index (κ3) is 10.4. The molecule has 0 spiro atoms. The molecule has 0 saturated carbocycles. The van der Waals surface area contributed by atoms with Gasteiger partial charge in [0.05, 0.1) is 6.61 Å². The lowest BCUT2D eigenvalue weighted by Crippen LogP contribution is -2.19. The van der Waals surface area contributed by atoms with Gasteiger partial charge in [0.25, 0.3) is 0 Å². The van der Waals surface area contributed by atoms with Crippen LogP contribution in [0, 0.1) is 17.8 Å². The van der Waals surface area contributed by atoms with Gasteiger partial charge in [0.1, 0.15) is 30.4 Å². The van der Waals surface area contributed by atoms with Crippen LogP contribution >= 0.6 is 22.6 Å². The van der Waals surface area contributed by atoms with Crippen molar-refractivity contribution in [3.63, 3.8) is 0 Å². The molecule has 0 amide bonds. The van der Waals surface area contributed by atoms with Gasteiger partial charge in [-0.3, -0.25) is 0 Å². The average molecular weight is 408 g/mol. The smallest absolute Gasteiger partial charge is 0.144 e. The van der Waals surface area contributed by atoms with Crippen LogP contribution in [0.2, 0.25) is 0 Å². The Morgan fingerprint density at radius 3 is 2.52 bits per heavy atom. The summed E-state index contributed by atoms with van der Waals surface area (Å²) in [5.41, 5.74) is 0. The van der Waals surface area contributed by atoms with E-state index in [-0.39, 0.29) is 18.5 Å². The standard InChI is InChI=1S/C15H19FO3.CH3I/c1-2-5-15(18-11-4-3-10-17)12-19-14-8-6-13(16)7-9-14;1-2/h6-9,15,17H,2-3,5,10,12H2,1H3;1H3/t15-;/m0./s1. The number of ether oxygens (including phenoxy) is 2. The molecule has 21 heavy (non-hydrogen) atoms. The average Bonchev–Trinajstić information content (AvgIpc) is 2.52. The Morgan fingerprint density at radius 2 is 1.95 bits per heavy atom. The van der Waals surface area contributed by atoms with Crippen molar-refractivity contribution in [1.29, 1.82) is 0 Å². The summed E-state index contributed by atoms with van der Waals surface area (Å²) in [6.45, 7) is 2.45. The Labute approximate surface area is 140 Å². The van der Waals surface area contributed by atoms with E-state index in [1.165, 1.54) is 12.1 Å². The number of rotatable bonds is 7. The van der Waals surface area contributed by atoms with Crippen LogP contribution in [0.25, 0.3) is 0 Å². The number of hydrogen-bond donors (Lipinski definition) is 1. The van der Waals surface area contributed by atoms with E-state index in [1.807, 2.05) is 4.93 Å². The molecule has 1 aromatic carbocycles. The van der Waals surface area contributed by atoms with E-state index in [0.29, 0.717) is 18.8 Å². The summed E-state index contributed by atoms with van der Waals surface area (Å²) in [5, 5.41) is 8.60. The molecule has 1 atom stereocenters. The minimum Gasteiger partial charge on any atom is -0.490 e. The van der Waals surface area contributed by atoms with Gasteiger partial charge >= 0.3 is 0 Å². The third-order valence-corrected chi connectivity index (χ3v) is 2.39. The molecule has 3 nitrogen and oxygen atoms in total. The van der Waals surface area contributed by atoms with Crippen molar-refractivity contribution in [2.45, 2.75) is 32.3 Å². The lowest BCUT2D eigenvalue weighted by Gasteiger charge is -2.15. The van der Waals surface area contributed by atoms with Gasteiger partial charge in [-0.15, -0.1) is 0 Å². The maximum Gasteiger partial charge on any atom is 0.144 e. The van der Waals surface area contributed by atoms with E-state index < -0.39 is 0 Å². The highest BCUT2D eigenvalue weighted by Crippen LogP contribution is 2.12. The molecule has 1 N–H and O–H groups in total. The summed E-state index contributed by atoms with van der Waals surface area (Å²) >= 11 is 2.15. The van der Waals surface area contributed by atoms with Gasteiger partial charge in [-0.2, -0.15) is 0 Å². The van der Waals surface area contributed by atoms with E-state index in [9.17, 15) is 4.39 Å². The predicted molar refractivity (Wildman–Crippen MR) is 91.1 cm³/mol. The van der Waals surface area contributed by atoms with Crippen LogP contribution in [0.15, 0.2) is 24.3 Å². The van der Waals surface area contributed by atoms with Gasteiger partial charge in [0.2, 0.25) is 0 Å². The second-order valence-corrected chi connectivity index (χ2v) is 4.05. The third-order valence-electron chi connectivity index (χ3n) is 2.39. The van der Waals surface area contributed by atoms with Crippen molar-refractivity contribution in [2.24, 2.45) is 0 Å². The molecule has 1 rings (SSSR count). The first-order valence-corrected chi connectivity index (χ1v) is 8.92. The largest absolute Gasteiger partial charge is 0.490 e. The molecule has 5 heteroatoms. The maximum atomic E-state index is 12.7. The molecule has 0 radical (unpaired) electrons. The molecule has 0 unspecified atom stereocenters. The van der Waals surface area contributed by atoms with Crippen molar-refractivity contribution in [2.75, 3.05) is 18.1 Å². The number of benzene rings is 1. The molecule has 0 aliphatic heterocycles. The molecule has 0 aliphatic carbocycles. The lowest BCUT2D eigenvalue weighted by molar-refractivity contribution is 0.0954. The lowest BCUT2D eigenvalue weighted by atomic mass is 10.2. The monoisotopic (exact) mass is 408 g/mol. The summed E-state index contributed by atoms with van der Waals surface area (Å²) in [6.07, 6.45) is 4.63. The predicted octanol–water partition coefficient (Wildman–Crippen LogP) is 3.78. The molecular formula is C16H22FIO3. The first-order valence-electron chi connectivity index (χ1n) is 6.76. The van der Waals surface area contributed by atoms with Crippen LogP contribution < -0.4 is 4.74 Å². The summed E-state index contributed by atoms with van der Waals surface area (Å²) in [7, 11) is 0. The minimum absolute atomic E-state index is 0.0287. The Balaban J connectivity index is 0.00000191. The summed E-state index contributed by atoms with van der Waals surface area (Å²) in [6, 6.07) is 5.86. The fourth-order valence-corrected chi connectivity index (χ4v) is 1.45. The first-order chi connectivity index (χ1) is 10.3. The molecule has 0 saturated heterocycles. The first kappa shape index (κ1) is 20.0. The van der Waals surface area contributed by atoms with Gasteiger partial charge in [-0.25, -0.2) is 4.39 Å². The Hall–Kier alpha value is -1.00.